The fraction of sp³-hybridized carbons (Fsp3) is 0.500. The zero-order valence-electron chi connectivity index (χ0n) is 11.8. The van der Waals surface area contributed by atoms with Gasteiger partial charge in [-0.3, -0.25) is 4.79 Å². The molecule has 2 rings (SSSR count). The van der Waals surface area contributed by atoms with Gasteiger partial charge in [0.2, 0.25) is 5.91 Å². The van der Waals surface area contributed by atoms with Crippen molar-refractivity contribution in [3.63, 3.8) is 0 Å². The number of halogens is 4. The van der Waals surface area contributed by atoms with Gasteiger partial charge >= 0.3 is 6.18 Å². The van der Waals surface area contributed by atoms with Gasteiger partial charge in [0.1, 0.15) is 0 Å². The molecule has 1 aliphatic rings. The van der Waals surface area contributed by atoms with Crippen LogP contribution < -0.4 is 10.6 Å². The fourth-order valence-electron chi connectivity index (χ4n) is 2.16. The number of thioether (sulfide) groups is 1. The van der Waals surface area contributed by atoms with Crippen molar-refractivity contribution >= 4 is 30.1 Å². The van der Waals surface area contributed by atoms with Gasteiger partial charge in [-0.2, -0.15) is 13.2 Å². The minimum atomic E-state index is -4.35. The second kappa shape index (κ2) is 8.64. The second-order valence-electron chi connectivity index (χ2n) is 4.93. The predicted octanol–water partition coefficient (Wildman–Crippen LogP) is 3.09. The van der Waals surface area contributed by atoms with E-state index in [1.165, 1.54) is 6.07 Å². The van der Waals surface area contributed by atoms with Crippen LogP contribution in [0.25, 0.3) is 0 Å². The lowest BCUT2D eigenvalue weighted by Crippen LogP contribution is -2.46. The summed E-state index contributed by atoms with van der Waals surface area (Å²) in [7, 11) is 0. The largest absolute Gasteiger partial charge is 0.416 e. The Morgan fingerprint density at radius 3 is 2.82 bits per heavy atom. The van der Waals surface area contributed by atoms with Crippen LogP contribution in [0.3, 0.4) is 0 Å². The number of hydrogen-bond acceptors (Lipinski definition) is 3. The highest BCUT2D eigenvalue weighted by atomic mass is 35.5. The van der Waals surface area contributed by atoms with Gasteiger partial charge in [0.15, 0.2) is 0 Å². The predicted molar refractivity (Wildman–Crippen MR) is 83.5 cm³/mol. The average Bonchev–Trinajstić information content (AvgIpc) is 2.46. The number of alkyl halides is 3. The van der Waals surface area contributed by atoms with Gasteiger partial charge in [-0.1, -0.05) is 6.07 Å². The molecule has 1 saturated heterocycles. The van der Waals surface area contributed by atoms with Gasteiger partial charge in [-0.25, -0.2) is 0 Å². The smallest absolute Gasteiger partial charge is 0.351 e. The molecule has 8 heteroatoms. The zero-order chi connectivity index (χ0) is 15.3. The van der Waals surface area contributed by atoms with Gasteiger partial charge < -0.3 is 10.6 Å². The van der Waals surface area contributed by atoms with Crippen molar-refractivity contribution in [2.24, 2.45) is 0 Å². The highest BCUT2D eigenvalue weighted by molar-refractivity contribution is 8.00. The average molecular weight is 355 g/mol. The minimum absolute atomic E-state index is 0. The third-order valence-electron chi connectivity index (χ3n) is 3.19. The number of carbonyl (C=O) groups excluding carboxylic acids is 1. The van der Waals surface area contributed by atoms with Gasteiger partial charge in [0.05, 0.1) is 11.3 Å². The summed E-state index contributed by atoms with van der Waals surface area (Å²) in [5.41, 5.74) is -0.690. The van der Waals surface area contributed by atoms with Crippen LogP contribution in [0, 0.1) is 0 Å². The lowest BCUT2D eigenvalue weighted by Gasteiger charge is -2.23. The first-order valence-corrected chi connectivity index (χ1v) is 7.74. The number of piperidine rings is 1. The quantitative estimate of drug-likeness (QED) is 0.816. The molecule has 1 aromatic carbocycles. The van der Waals surface area contributed by atoms with Crippen molar-refractivity contribution in [2.75, 3.05) is 18.8 Å². The standard InChI is InChI=1S/C14H17F3N2OS.ClH/c15-14(16,17)10-3-1-5-12(7-10)21-9-13(20)19-11-4-2-6-18-8-11;/h1,3,5,7,11,18H,2,4,6,8-9H2,(H,19,20);1H. The molecule has 1 amide bonds. The number of rotatable bonds is 4. The second-order valence-corrected chi connectivity index (χ2v) is 5.97. The molecule has 0 aromatic heterocycles. The third kappa shape index (κ3) is 6.06. The molecule has 3 nitrogen and oxygen atoms in total. The molecular weight excluding hydrogens is 337 g/mol. The SMILES string of the molecule is Cl.O=C(CSc1cccc(C(F)(F)F)c1)NC1CCCNC1. The van der Waals surface area contributed by atoms with Crippen LogP contribution in [-0.4, -0.2) is 30.8 Å². The highest BCUT2D eigenvalue weighted by Gasteiger charge is 2.30. The Labute approximate surface area is 137 Å². The Balaban J connectivity index is 0.00000242. The fourth-order valence-corrected chi connectivity index (χ4v) is 2.92. The van der Waals surface area contributed by atoms with Gasteiger partial charge in [-0.05, 0) is 37.6 Å². The molecule has 1 heterocycles. The maximum atomic E-state index is 12.6. The van der Waals surface area contributed by atoms with E-state index in [4.69, 9.17) is 0 Å². The van der Waals surface area contributed by atoms with Crippen molar-refractivity contribution in [3.05, 3.63) is 29.8 Å². The molecular formula is C14H18ClF3N2OS. The number of benzene rings is 1. The summed E-state index contributed by atoms with van der Waals surface area (Å²) in [6.07, 6.45) is -2.40. The molecule has 0 saturated carbocycles. The molecule has 124 valence electrons. The summed E-state index contributed by atoms with van der Waals surface area (Å²) in [6.45, 7) is 1.71. The van der Waals surface area contributed by atoms with Crippen LogP contribution in [0.4, 0.5) is 13.2 Å². The molecule has 0 spiro atoms. The van der Waals surface area contributed by atoms with Crippen LogP contribution in [0.5, 0.6) is 0 Å². The van der Waals surface area contributed by atoms with Crippen molar-refractivity contribution in [1.82, 2.24) is 10.6 Å². The van der Waals surface area contributed by atoms with Crippen LogP contribution >= 0.6 is 24.2 Å². The van der Waals surface area contributed by atoms with Gasteiger partial charge in [0.25, 0.3) is 0 Å². The van der Waals surface area contributed by atoms with E-state index < -0.39 is 11.7 Å². The Morgan fingerprint density at radius 1 is 1.41 bits per heavy atom. The maximum absolute atomic E-state index is 12.6. The zero-order valence-corrected chi connectivity index (χ0v) is 13.4. The Kier molecular flexibility index (Phi) is 7.52. The summed E-state index contributed by atoms with van der Waals surface area (Å²) in [5, 5.41) is 6.08. The van der Waals surface area contributed by atoms with Crippen LogP contribution in [0.2, 0.25) is 0 Å². The van der Waals surface area contributed by atoms with Crippen molar-refractivity contribution < 1.29 is 18.0 Å². The summed E-state index contributed by atoms with van der Waals surface area (Å²) in [6, 6.07) is 5.15. The first-order valence-electron chi connectivity index (χ1n) is 6.75. The maximum Gasteiger partial charge on any atom is 0.416 e. The van der Waals surface area contributed by atoms with Gasteiger partial charge in [-0.15, -0.1) is 24.2 Å². The molecule has 0 aliphatic carbocycles. The normalized spacial score (nSPS) is 18.4. The van der Waals surface area contributed by atoms with Crippen molar-refractivity contribution in [3.8, 4) is 0 Å². The van der Waals surface area contributed by atoms with E-state index in [2.05, 4.69) is 10.6 Å². The molecule has 0 radical (unpaired) electrons. The summed E-state index contributed by atoms with van der Waals surface area (Å²) < 4.78 is 37.7. The number of amides is 1. The molecule has 1 fully saturated rings. The summed E-state index contributed by atoms with van der Waals surface area (Å²) in [4.78, 5) is 12.2. The van der Waals surface area contributed by atoms with Crippen molar-refractivity contribution in [1.29, 1.82) is 0 Å². The van der Waals surface area contributed by atoms with E-state index in [0.717, 1.165) is 49.8 Å². The summed E-state index contributed by atoms with van der Waals surface area (Å²) >= 11 is 1.11. The lowest BCUT2D eigenvalue weighted by molar-refractivity contribution is -0.137. The highest BCUT2D eigenvalue weighted by Crippen LogP contribution is 2.31. The Bertz CT molecular complexity index is 493. The lowest BCUT2D eigenvalue weighted by atomic mass is 10.1. The number of hydrogen-bond donors (Lipinski definition) is 2. The third-order valence-corrected chi connectivity index (χ3v) is 4.19. The molecule has 0 bridgehead atoms. The minimum Gasteiger partial charge on any atom is -0.351 e. The topological polar surface area (TPSA) is 41.1 Å². The molecule has 2 N–H and O–H groups in total. The molecule has 22 heavy (non-hydrogen) atoms. The van der Waals surface area contributed by atoms with Crippen molar-refractivity contribution in [2.45, 2.75) is 30.0 Å². The Hall–Kier alpha value is -0.920. The van der Waals surface area contributed by atoms with Gasteiger partial charge in [0, 0.05) is 17.5 Å². The van der Waals surface area contributed by atoms with E-state index in [0.29, 0.717) is 4.90 Å². The van der Waals surface area contributed by atoms with Crippen LogP contribution in [-0.2, 0) is 11.0 Å². The molecule has 1 aliphatic heterocycles. The van der Waals surface area contributed by atoms with Crippen LogP contribution in [0.1, 0.15) is 18.4 Å². The molecule has 1 aromatic rings. The van der Waals surface area contributed by atoms with E-state index in [1.54, 1.807) is 6.07 Å². The van der Waals surface area contributed by atoms with Crippen LogP contribution in [0.15, 0.2) is 29.2 Å². The monoisotopic (exact) mass is 354 g/mol. The first kappa shape index (κ1) is 19.1. The Morgan fingerprint density at radius 2 is 2.18 bits per heavy atom. The number of nitrogens with one attached hydrogen (secondary N) is 2. The van der Waals surface area contributed by atoms with E-state index >= 15 is 0 Å². The summed E-state index contributed by atoms with van der Waals surface area (Å²) in [5.74, 6) is -0.0243. The molecule has 1 atom stereocenters. The number of carbonyl (C=O) groups is 1. The van der Waals surface area contributed by atoms with E-state index in [9.17, 15) is 18.0 Å². The van der Waals surface area contributed by atoms with E-state index in [1.807, 2.05) is 0 Å². The molecule has 1 unspecified atom stereocenters. The first-order chi connectivity index (χ1) is 9.95. The van der Waals surface area contributed by atoms with E-state index in [-0.39, 0.29) is 30.1 Å².